The molecule has 0 bridgehead atoms. The van der Waals surface area contributed by atoms with E-state index in [9.17, 15) is 19.2 Å². The molecule has 0 saturated carbocycles. The number of esters is 2. The lowest BCUT2D eigenvalue weighted by Gasteiger charge is -2.23. The largest absolute Gasteiger partial charge is 0.459 e. The Kier molecular flexibility index (Phi) is 7.00. The predicted molar refractivity (Wildman–Crippen MR) is 118 cm³/mol. The topological polar surface area (TPSA) is 126 Å². The zero-order valence-corrected chi connectivity index (χ0v) is 18.2. The molecule has 1 aliphatic rings. The molecular weight excluding hydrogens is 444 g/mol. The molecule has 0 amide bonds. The molecule has 1 saturated heterocycles. The lowest BCUT2D eigenvalue weighted by atomic mass is 10.1. The highest BCUT2D eigenvalue weighted by atomic mass is 16.6. The second kappa shape index (κ2) is 10.3. The number of nitrogens with zero attached hydrogens (tertiary/aromatic N) is 1. The summed E-state index contributed by atoms with van der Waals surface area (Å²) >= 11 is 0. The van der Waals surface area contributed by atoms with Crippen LogP contribution in [0.4, 0.5) is 0 Å². The average Bonchev–Trinajstić information content (AvgIpc) is 3.20. The summed E-state index contributed by atoms with van der Waals surface area (Å²) in [4.78, 5) is 51.3. The van der Waals surface area contributed by atoms with Crippen molar-refractivity contribution in [2.75, 3.05) is 13.7 Å². The van der Waals surface area contributed by atoms with E-state index in [4.69, 9.17) is 18.9 Å². The Morgan fingerprint density at radius 1 is 0.912 bits per heavy atom. The van der Waals surface area contributed by atoms with E-state index in [2.05, 4.69) is 4.98 Å². The number of carbonyl (C=O) groups is 2. The van der Waals surface area contributed by atoms with Crippen molar-refractivity contribution in [3.05, 3.63) is 105 Å². The normalized spacial score (nSPS) is 21.7. The first-order valence-electron chi connectivity index (χ1n) is 10.5. The molecule has 2 heterocycles. The number of benzene rings is 2. The number of nitrogens with one attached hydrogen (secondary N) is 1. The van der Waals surface area contributed by atoms with Gasteiger partial charge in [0.05, 0.1) is 11.1 Å². The first-order valence-corrected chi connectivity index (χ1v) is 10.5. The Balaban J connectivity index is 1.59. The molecule has 176 valence electrons. The molecule has 0 radical (unpaired) electrons. The first-order chi connectivity index (χ1) is 16.5. The summed E-state index contributed by atoms with van der Waals surface area (Å²) in [5.74, 6) is -1.22. The monoisotopic (exact) mass is 466 g/mol. The lowest BCUT2D eigenvalue weighted by molar-refractivity contribution is -0.0643. The van der Waals surface area contributed by atoms with Gasteiger partial charge in [-0.3, -0.25) is 14.3 Å². The third kappa shape index (κ3) is 4.98. The number of hydrogen-bond donors (Lipinski definition) is 1. The van der Waals surface area contributed by atoms with Crippen LogP contribution in [0.5, 0.6) is 0 Å². The molecule has 4 rings (SSSR count). The minimum absolute atomic E-state index is 0.222. The van der Waals surface area contributed by atoms with E-state index in [1.807, 2.05) is 0 Å². The van der Waals surface area contributed by atoms with E-state index < -0.39 is 47.7 Å². The Morgan fingerprint density at radius 2 is 1.53 bits per heavy atom. The van der Waals surface area contributed by atoms with Crippen molar-refractivity contribution < 1.29 is 28.5 Å². The van der Waals surface area contributed by atoms with Crippen LogP contribution < -0.4 is 11.2 Å². The van der Waals surface area contributed by atoms with Crippen molar-refractivity contribution in [1.82, 2.24) is 9.55 Å². The smallest absolute Gasteiger partial charge is 0.338 e. The number of aromatic nitrogens is 2. The van der Waals surface area contributed by atoms with E-state index in [0.717, 1.165) is 10.6 Å². The van der Waals surface area contributed by atoms with Crippen molar-refractivity contribution in [2.45, 2.75) is 24.5 Å². The standard InChI is InChI=1S/C24H22N2O8/c1-31-19-17(14-32-22(28)15-8-4-2-5-9-15)33-21(26-13-12-18(27)25-24(26)30)20(19)34-23(29)16-10-6-3-7-11-16/h2-13,17,19-21H,14H2,1H3,(H,25,27,30)/t17-,19?,20?,21?/m1/s1. The summed E-state index contributed by atoms with van der Waals surface area (Å²) in [6, 6.07) is 17.8. The van der Waals surface area contributed by atoms with E-state index >= 15 is 0 Å². The second-order valence-electron chi connectivity index (χ2n) is 7.48. The second-order valence-corrected chi connectivity index (χ2v) is 7.48. The van der Waals surface area contributed by atoms with Crippen LogP contribution in [0.25, 0.3) is 0 Å². The maximum Gasteiger partial charge on any atom is 0.338 e. The fraction of sp³-hybridized carbons (Fsp3) is 0.250. The van der Waals surface area contributed by atoms with Gasteiger partial charge in [-0.15, -0.1) is 0 Å². The van der Waals surface area contributed by atoms with Crippen LogP contribution in [0.2, 0.25) is 0 Å². The van der Waals surface area contributed by atoms with Gasteiger partial charge in [-0.25, -0.2) is 14.4 Å². The fourth-order valence-corrected chi connectivity index (χ4v) is 3.69. The molecule has 4 atom stereocenters. The molecule has 10 nitrogen and oxygen atoms in total. The van der Waals surface area contributed by atoms with Crippen LogP contribution in [-0.2, 0) is 18.9 Å². The maximum absolute atomic E-state index is 12.8. The summed E-state index contributed by atoms with van der Waals surface area (Å²) < 4.78 is 23.7. The summed E-state index contributed by atoms with van der Waals surface area (Å²) in [6.07, 6.45) is -2.72. The number of ether oxygens (including phenoxy) is 4. The number of carbonyl (C=O) groups excluding carboxylic acids is 2. The van der Waals surface area contributed by atoms with Gasteiger partial charge in [0.25, 0.3) is 5.56 Å². The molecule has 10 heteroatoms. The van der Waals surface area contributed by atoms with Gasteiger partial charge in [0.1, 0.15) is 18.8 Å². The Labute approximate surface area is 193 Å². The van der Waals surface area contributed by atoms with Gasteiger partial charge >= 0.3 is 17.6 Å². The molecule has 1 aromatic heterocycles. The van der Waals surface area contributed by atoms with E-state index in [1.165, 1.54) is 13.3 Å². The van der Waals surface area contributed by atoms with Gasteiger partial charge in [-0.2, -0.15) is 0 Å². The fourth-order valence-electron chi connectivity index (χ4n) is 3.69. The number of H-pyrrole nitrogens is 1. The SMILES string of the molecule is COC1C(OC(=O)c2ccccc2)C(n2ccc(=O)[nH]c2=O)O[C@@H]1COC(=O)c1ccccc1. The van der Waals surface area contributed by atoms with Crippen LogP contribution in [0, 0.1) is 0 Å². The van der Waals surface area contributed by atoms with Gasteiger partial charge in [0.2, 0.25) is 0 Å². The number of methoxy groups -OCH3 is 1. The Bertz CT molecular complexity index is 1250. The average molecular weight is 466 g/mol. The van der Waals surface area contributed by atoms with Gasteiger partial charge in [0, 0.05) is 19.4 Å². The first kappa shape index (κ1) is 23.1. The molecule has 1 N–H and O–H groups in total. The summed E-state index contributed by atoms with van der Waals surface area (Å²) in [7, 11) is 1.39. The Morgan fingerprint density at radius 3 is 2.12 bits per heavy atom. The third-order valence-corrected chi connectivity index (χ3v) is 5.32. The van der Waals surface area contributed by atoms with Crippen molar-refractivity contribution in [3.8, 4) is 0 Å². The van der Waals surface area contributed by atoms with Crippen LogP contribution in [0.15, 0.2) is 82.5 Å². The number of aromatic amines is 1. The van der Waals surface area contributed by atoms with E-state index in [1.54, 1.807) is 60.7 Å². The summed E-state index contributed by atoms with van der Waals surface area (Å²) in [5, 5.41) is 0. The van der Waals surface area contributed by atoms with Crippen LogP contribution in [-0.4, -0.2) is 53.5 Å². The molecular formula is C24H22N2O8. The van der Waals surface area contributed by atoms with Gasteiger partial charge in [-0.1, -0.05) is 36.4 Å². The van der Waals surface area contributed by atoms with Crippen molar-refractivity contribution in [1.29, 1.82) is 0 Å². The minimum Gasteiger partial charge on any atom is -0.459 e. The van der Waals surface area contributed by atoms with Crippen LogP contribution in [0.3, 0.4) is 0 Å². The van der Waals surface area contributed by atoms with E-state index in [0.29, 0.717) is 11.1 Å². The van der Waals surface area contributed by atoms with E-state index in [-0.39, 0.29) is 6.61 Å². The van der Waals surface area contributed by atoms with Crippen LogP contribution >= 0.6 is 0 Å². The van der Waals surface area contributed by atoms with Crippen molar-refractivity contribution in [2.24, 2.45) is 0 Å². The van der Waals surface area contributed by atoms with Gasteiger partial charge < -0.3 is 18.9 Å². The maximum atomic E-state index is 12.8. The number of hydrogen-bond acceptors (Lipinski definition) is 8. The predicted octanol–water partition coefficient (Wildman–Crippen LogP) is 1.53. The lowest BCUT2D eigenvalue weighted by Crippen LogP contribution is -2.41. The zero-order chi connectivity index (χ0) is 24.1. The molecule has 3 unspecified atom stereocenters. The molecule has 1 fully saturated rings. The summed E-state index contributed by atoms with van der Waals surface area (Å²) in [6.45, 7) is -0.222. The highest BCUT2D eigenvalue weighted by Gasteiger charge is 2.49. The Hall–Kier alpha value is -4.02. The zero-order valence-electron chi connectivity index (χ0n) is 18.2. The molecule has 0 aliphatic carbocycles. The van der Waals surface area contributed by atoms with Gasteiger partial charge in [-0.05, 0) is 24.3 Å². The van der Waals surface area contributed by atoms with Gasteiger partial charge in [0.15, 0.2) is 12.3 Å². The highest BCUT2D eigenvalue weighted by Crippen LogP contribution is 2.33. The molecule has 0 spiro atoms. The van der Waals surface area contributed by atoms with Crippen LogP contribution in [0.1, 0.15) is 26.9 Å². The van der Waals surface area contributed by atoms with Crippen molar-refractivity contribution in [3.63, 3.8) is 0 Å². The molecule has 1 aliphatic heterocycles. The third-order valence-electron chi connectivity index (χ3n) is 5.32. The quantitative estimate of drug-likeness (QED) is 0.520. The van der Waals surface area contributed by atoms with Crippen molar-refractivity contribution >= 4 is 11.9 Å². The summed E-state index contributed by atoms with van der Waals surface area (Å²) in [5.41, 5.74) is -0.692. The number of rotatable bonds is 7. The minimum atomic E-state index is -1.14. The molecule has 3 aromatic rings. The molecule has 2 aromatic carbocycles. The highest BCUT2D eigenvalue weighted by molar-refractivity contribution is 5.89. The molecule has 34 heavy (non-hydrogen) atoms.